The fraction of sp³-hybridized carbons (Fsp3) is 0.688. The van der Waals surface area contributed by atoms with Crippen LogP contribution in [0, 0.1) is 0 Å². The van der Waals surface area contributed by atoms with Crippen molar-refractivity contribution in [1.82, 2.24) is 10.6 Å². The Balaban J connectivity index is 4.77. The van der Waals surface area contributed by atoms with Crippen LogP contribution in [0.4, 0.5) is 0 Å². The van der Waals surface area contributed by atoms with E-state index in [1.165, 1.54) is 25.6 Å². The molecule has 0 aliphatic heterocycles. The van der Waals surface area contributed by atoms with Crippen molar-refractivity contribution in [3.05, 3.63) is 12.2 Å². The Morgan fingerprint density at radius 1 is 1.05 bits per heavy atom. The molecule has 0 aliphatic rings. The van der Waals surface area contributed by atoms with Gasteiger partial charge in [0.05, 0.1) is 0 Å². The van der Waals surface area contributed by atoms with Crippen LogP contribution in [0.1, 0.15) is 53.4 Å². The second-order valence-corrected chi connectivity index (χ2v) is 6.68. The summed E-state index contributed by atoms with van der Waals surface area (Å²) in [5, 5.41) is 5.79. The highest BCUT2D eigenvalue weighted by Crippen LogP contribution is 2.25. The summed E-state index contributed by atoms with van der Waals surface area (Å²) in [5.74, 6) is 0.444. The number of nitrogens with one attached hydrogen (secondary N) is 2. The number of hydrogen-bond acceptors (Lipinski definition) is 4. The Kier molecular flexibility index (Phi) is 9.81. The average molecular weight is 328 g/mol. The van der Waals surface area contributed by atoms with E-state index in [1.807, 2.05) is 0 Å². The van der Waals surface area contributed by atoms with Gasteiger partial charge in [0.15, 0.2) is 0 Å². The first-order valence-corrected chi connectivity index (χ1v) is 8.57. The first-order valence-electron chi connectivity index (χ1n) is 7.58. The third-order valence-corrected chi connectivity index (χ3v) is 4.33. The van der Waals surface area contributed by atoms with Gasteiger partial charge >= 0.3 is 0 Å². The van der Waals surface area contributed by atoms with Gasteiger partial charge < -0.3 is 10.6 Å². The molecule has 0 fully saturated rings. The maximum Gasteiger partial charge on any atom is 0.217 e. The van der Waals surface area contributed by atoms with E-state index in [9.17, 15) is 14.4 Å². The van der Waals surface area contributed by atoms with Gasteiger partial charge in [-0.2, -0.15) is 0 Å². The third kappa shape index (κ3) is 8.87. The fourth-order valence-electron chi connectivity index (χ4n) is 2.35. The number of carbonyl (C=O) groups is 3. The maximum absolute atomic E-state index is 11.6. The van der Waals surface area contributed by atoms with Crippen LogP contribution < -0.4 is 10.6 Å². The lowest BCUT2D eigenvalue weighted by Gasteiger charge is -2.34. The molecular weight excluding hydrogens is 300 g/mol. The smallest absolute Gasteiger partial charge is 0.217 e. The molecule has 1 unspecified atom stereocenters. The molecule has 6 heteroatoms. The van der Waals surface area contributed by atoms with E-state index < -0.39 is 0 Å². The summed E-state index contributed by atoms with van der Waals surface area (Å²) >= 11 is 1.23. The number of carbonyl (C=O) groups excluding carboxylic acids is 3. The molecule has 0 aliphatic carbocycles. The Hall–Kier alpha value is -1.30. The van der Waals surface area contributed by atoms with E-state index in [0.717, 1.165) is 12.8 Å². The highest BCUT2D eigenvalue weighted by molar-refractivity contribution is 8.14. The van der Waals surface area contributed by atoms with Crippen molar-refractivity contribution >= 4 is 28.7 Å². The molecular formula is C16H28N2O3S. The van der Waals surface area contributed by atoms with E-state index in [1.54, 1.807) is 6.92 Å². The van der Waals surface area contributed by atoms with Gasteiger partial charge in [-0.3, -0.25) is 14.4 Å². The topological polar surface area (TPSA) is 75.3 Å². The van der Waals surface area contributed by atoms with Crippen LogP contribution in [0.15, 0.2) is 12.2 Å². The van der Waals surface area contributed by atoms with Crippen LogP contribution in [-0.4, -0.2) is 34.8 Å². The minimum absolute atomic E-state index is 0.0184. The number of amides is 2. The molecule has 2 amide bonds. The van der Waals surface area contributed by atoms with Gasteiger partial charge in [0.25, 0.3) is 0 Å². The highest BCUT2D eigenvalue weighted by Gasteiger charge is 2.29. The number of thioether (sulfide) groups is 1. The molecule has 22 heavy (non-hydrogen) atoms. The second-order valence-electron chi connectivity index (χ2n) is 5.61. The molecule has 0 rings (SSSR count). The molecule has 0 aromatic heterocycles. The summed E-state index contributed by atoms with van der Waals surface area (Å²) in [4.78, 5) is 34.2. The highest BCUT2D eigenvalue weighted by atomic mass is 32.2. The predicted molar refractivity (Wildman–Crippen MR) is 91.7 cm³/mol. The minimum Gasteiger partial charge on any atom is -0.356 e. The van der Waals surface area contributed by atoms with E-state index >= 15 is 0 Å². The molecule has 0 aromatic rings. The van der Waals surface area contributed by atoms with Crippen LogP contribution in [-0.2, 0) is 14.4 Å². The lowest BCUT2D eigenvalue weighted by atomic mass is 9.86. The third-order valence-electron chi connectivity index (χ3n) is 3.31. The summed E-state index contributed by atoms with van der Waals surface area (Å²) in [6.07, 6.45) is 3.07. The van der Waals surface area contributed by atoms with Crippen molar-refractivity contribution in [2.75, 3.05) is 12.3 Å². The fourth-order valence-corrected chi connectivity index (χ4v) is 3.28. The van der Waals surface area contributed by atoms with E-state index in [4.69, 9.17) is 0 Å². The Morgan fingerprint density at radius 2 is 1.68 bits per heavy atom. The van der Waals surface area contributed by atoms with Crippen LogP contribution in [0.3, 0.4) is 0 Å². The zero-order valence-corrected chi connectivity index (χ0v) is 14.9. The number of hydrogen-bond donors (Lipinski definition) is 2. The Bertz CT molecular complexity index is 424. The lowest BCUT2D eigenvalue weighted by molar-refractivity contribution is -0.121. The predicted octanol–water partition coefficient (Wildman–Crippen LogP) is 2.41. The molecule has 0 aromatic carbocycles. The summed E-state index contributed by atoms with van der Waals surface area (Å²) in [7, 11) is 0. The molecule has 0 heterocycles. The molecule has 0 radical (unpaired) electrons. The summed E-state index contributed by atoms with van der Waals surface area (Å²) < 4.78 is 0. The molecule has 2 N–H and O–H groups in total. The van der Waals surface area contributed by atoms with Crippen molar-refractivity contribution in [2.24, 2.45) is 0 Å². The first-order chi connectivity index (χ1) is 10.2. The monoisotopic (exact) mass is 328 g/mol. The van der Waals surface area contributed by atoms with Crippen molar-refractivity contribution in [3.8, 4) is 0 Å². The van der Waals surface area contributed by atoms with E-state index in [-0.39, 0.29) is 22.5 Å². The average Bonchev–Trinajstić information content (AvgIpc) is 2.37. The Morgan fingerprint density at radius 3 is 2.14 bits per heavy atom. The van der Waals surface area contributed by atoms with Gasteiger partial charge in [0.1, 0.15) is 0 Å². The molecule has 1 atom stereocenters. The zero-order valence-electron chi connectivity index (χ0n) is 14.1. The van der Waals surface area contributed by atoms with Crippen LogP contribution in [0.5, 0.6) is 0 Å². The minimum atomic E-state index is -0.384. The lowest BCUT2D eigenvalue weighted by Crippen LogP contribution is -2.50. The van der Waals surface area contributed by atoms with Crippen LogP contribution in [0.25, 0.3) is 0 Å². The maximum atomic E-state index is 11.6. The van der Waals surface area contributed by atoms with Crippen molar-refractivity contribution in [3.63, 3.8) is 0 Å². The molecule has 0 bridgehead atoms. The normalized spacial score (nSPS) is 13.1. The van der Waals surface area contributed by atoms with Gasteiger partial charge in [-0.15, -0.1) is 0 Å². The quantitative estimate of drug-likeness (QED) is 0.604. The van der Waals surface area contributed by atoms with E-state index in [0.29, 0.717) is 30.7 Å². The summed E-state index contributed by atoms with van der Waals surface area (Å²) in [6.45, 7) is 10.9. The second kappa shape index (κ2) is 10.4. The largest absolute Gasteiger partial charge is 0.356 e. The summed E-state index contributed by atoms with van der Waals surface area (Å²) in [6, 6.07) is 0. The van der Waals surface area contributed by atoms with Crippen LogP contribution in [0.2, 0.25) is 0 Å². The van der Waals surface area contributed by atoms with Gasteiger partial charge in [-0.25, -0.2) is 0 Å². The first kappa shape index (κ1) is 20.7. The summed E-state index contributed by atoms with van der Waals surface area (Å²) in [5.41, 5.74) is 0.148. The molecule has 5 nitrogen and oxygen atoms in total. The molecule has 0 saturated heterocycles. The molecule has 0 saturated carbocycles. The number of rotatable bonds is 10. The van der Waals surface area contributed by atoms with Gasteiger partial charge in [-0.1, -0.05) is 31.7 Å². The Labute approximate surface area is 137 Å². The van der Waals surface area contributed by atoms with Gasteiger partial charge in [0.2, 0.25) is 16.9 Å². The SMILES string of the molecule is C=C(C)C(=O)SCCC(CCC)(CCNC(C)=O)NC(C)=O. The van der Waals surface area contributed by atoms with Crippen molar-refractivity contribution < 1.29 is 14.4 Å². The van der Waals surface area contributed by atoms with Crippen molar-refractivity contribution in [2.45, 2.75) is 58.9 Å². The van der Waals surface area contributed by atoms with E-state index in [2.05, 4.69) is 24.1 Å². The zero-order chi connectivity index (χ0) is 17.2. The van der Waals surface area contributed by atoms with Crippen molar-refractivity contribution in [1.29, 1.82) is 0 Å². The van der Waals surface area contributed by atoms with Gasteiger partial charge in [-0.05, 0) is 31.8 Å². The standard InChI is InChI=1S/C16H28N2O3S/c1-6-7-16(18-14(5)20,8-10-17-13(4)19)9-11-22-15(21)12(2)3/h2,6-11H2,1,3-5H3,(H,17,19)(H,18,20). The van der Waals surface area contributed by atoms with Crippen LogP contribution >= 0.6 is 11.8 Å². The van der Waals surface area contributed by atoms with Gasteiger partial charge in [0, 0.05) is 31.7 Å². The molecule has 0 spiro atoms. The molecule has 126 valence electrons.